The molecule has 4 heteroatoms. The normalized spacial score (nSPS) is 21.3. The van der Waals surface area contributed by atoms with Crippen LogP contribution >= 0.6 is 0 Å². The van der Waals surface area contributed by atoms with E-state index >= 15 is 0 Å². The molecule has 0 spiro atoms. The third kappa shape index (κ3) is 2.90. The van der Waals surface area contributed by atoms with Crippen molar-refractivity contribution < 1.29 is 9.31 Å². The SMILES string of the molecule is Cc1cnc(/C=C/B2OC(C)(C)C(C)(C)O2)cc1C. The van der Waals surface area contributed by atoms with E-state index in [1.54, 1.807) is 0 Å². The van der Waals surface area contributed by atoms with Crippen LogP contribution in [0.5, 0.6) is 0 Å². The van der Waals surface area contributed by atoms with Gasteiger partial charge in [0, 0.05) is 6.20 Å². The molecule has 102 valence electrons. The van der Waals surface area contributed by atoms with Crippen molar-refractivity contribution in [2.75, 3.05) is 0 Å². The fraction of sp³-hybridized carbons (Fsp3) is 0.533. The number of nitrogens with zero attached hydrogens (tertiary/aromatic N) is 1. The summed E-state index contributed by atoms with van der Waals surface area (Å²) in [5.41, 5.74) is 2.78. The maximum absolute atomic E-state index is 5.90. The van der Waals surface area contributed by atoms with Crippen molar-refractivity contribution in [2.24, 2.45) is 0 Å². The Morgan fingerprint density at radius 2 is 1.63 bits per heavy atom. The van der Waals surface area contributed by atoms with Crippen LogP contribution in [-0.4, -0.2) is 23.3 Å². The van der Waals surface area contributed by atoms with Crippen molar-refractivity contribution in [3.63, 3.8) is 0 Å². The molecule has 19 heavy (non-hydrogen) atoms. The lowest BCUT2D eigenvalue weighted by molar-refractivity contribution is 0.00578. The van der Waals surface area contributed by atoms with Gasteiger partial charge in [-0.3, -0.25) is 4.98 Å². The molecule has 2 rings (SSSR count). The van der Waals surface area contributed by atoms with Crippen molar-refractivity contribution in [3.8, 4) is 0 Å². The second-order valence-electron chi connectivity index (χ2n) is 6.18. The zero-order chi connectivity index (χ0) is 14.3. The summed E-state index contributed by atoms with van der Waals surface area (Å²) in [7, 11) is -0.312. The van der Waals surface area contributed by atoms with Crippen LogP contribution in [0.25, 0.3) is 6.08 Å². The van der Waals surface area contributed by atoms with Crippen LogP contribution in [0.1, 0.15) is 44.5 Å². The molecule has 0 unspecified atom stereocenters. The highest BCUT2D eigenvalue weighted by Crippen LogP contribution is 2.36. The molecule has 0 saturated carbocycles. The van der Waals surface area contributed by atoms with Gasteiger partial charge in [-0.15, -0.1) is 0 Å². The summed E-state index contributed by atoms with van der Waals surface area (Å²) in [6.45, 7) is 12.3. The molecule has 2 heterocycles. The average Bonchev–Trinajstić information content (AvgIpc) is 2.49. The summed E-state index contributed by atoms with van der Waals surface area (Å²) < 4.78 is 11.8. The predicted molar refractivity (Wildman–Crippen MR) is 78.8 cm³/mol. The monoisotopic (exact) mass is 259 g/mol. The fourth-order valence-corrected chi connectivity index (χ4v) is 1.88. The first kappa shape index (κ1) is 14.3. The number of aromatic nitrogens is 1. The molecule has 1 aromatic rings. The maximum atomic E-state index is 5.90. The van der Waals surface area contributed by atoms with Crippen molar-refractivity contribution in [1.82, 2.24) is 4.98 Å². The molecular formula is C15H22BNO2. The molecule has 0 atom stereocenters. The number of hydrogen-bond acceptors (Lipinski definition) is 3. The van der Waals surface area contributed by atoms with Crippen molar-refractivity contribution in [1.29, 1.82) is 0 Å². The standard InChI is InChI=1S/C15H22BNO2/c1-11-9-13(17-10-12(11)2)7-8-16-18-14(3,4)15(5,6)19-16/h7-10H,1-6H3/b8-7+. The van der Waals surface area contributed by atoms with Crippen LogP contribution in [0, 0.1) is 13.8 Å². The first-order valence-corrected chi connectivity index (χ1v) is 6.68. The summed E-state index contributed by atoms with van der Waals surface area (Å²) in [6.07, 6.45) is 3.84. The van der Waals surface area contributed by atoms with Crippen LogP contribution in [0.15, 0.2) is 18.2 Å². The van der Waals surface area contributed by atoms with E-state index in [1.165, 1.54) is 11.1 Å². The summed E-state index contributed by atoms with van der Waals surface area (Å²) in [5.74, 6) is 1.92. The lowest BCUT2D eigenvalue weighted by atomic mass is 9.89. The lowest BCUT2D eigenvalue weighted by Gasteiger charge is -2.32. The van der Waals surface area contributed by atoms with Gasteiger partial charge in [-0.05, 0) is 64.8 Å². The molecule has 1 aromatic heterocycles. The van der Waals surface area contributed by atoms with E-state index < -0.39 is 0 Å². The number of hydrogen-bond donors (Lipinski definition) is 0. The third-order valence-electron chi connectivity index (χ3n) is 4.09. The summed E-state index contributed by atoms with van der Waals surface area (Å²) >= 11 is 0. The van der Waals surface area contributed by atoms with Crippen molar-refractivity contribution in [3.05, 3.63) is 35.1 Å². The molecule has 1 fully saturated rings. The predicted octanol–water partition coefficient (Wildman–Crippen LogP) is 3.34. The molecule has 0 aromatic carbocycles. The van der Waals surface area contributed by atoms with Gasteiger partial charge in [0.25, 0.3) is 0 Å². The number of rotatable bonds is 2. The largest absolute Gasteiger partial charge is 0.487 e. The smallest absolute Gasteiger partial charge is 0.400 e. The molecule has 0 N–H and O–H groups in total. The van der Waals surface area contributed by atoms with E-state index in [0.29, 0.717) is 0 Å². The quantitative estimate of drug-likeness (QED) is 0.763. The van der Waals surface area contributed by atoms with Crippen LogP contribution in [0.3, 0.4) is 0 Å². The first-order chi connectivity index (χ1) is 8.71. The molecular weight excluding hydrogens is 237 g/mol. The minimum absolute atomic E-state index is 0.293. The van der Waals surface area contributed by atoms with Gasteiger partial charge in [-0.2, -0.15) is 0 Å². The Morgan fingerprint density at radius 3 is 2.16 bits per heavy atom. The van der Waals surface area contributed by atoms with Crippen LogP contribution in [0.4, 0.5) is 0 Å². The minimum Gasteiger partial charge on any atom is -0.400 e. The fourth-order valence-electron chi connectivity index (χ4n) is 1.88. The van der Waals surface area contributed by atoms with E-state index in [4.69, 9.17) is 9.31 Å². The van der Waals surface area contributed by atoms with Crippen LogP contribution in [-0.2, 0) is 9.31 Å². The Hall–Kier alpha value is -1.13. The second kappa shape index (κ2) is 4.76. The Balaban J connectivity index is 2.10. The average molecular weight is 259 g/mol. The van der Waals surface area contributed by atoms with Gasteiger partial charge in [-0.1, -0.05) is 5.98 Å². The van der Waals surface area contributed by atoms with E-state index in [9.17, 15) is 0 Å². The van der Waals surface area contributed by atoms with Crippen LogP contribution in [0.2, 0.25) is 0 Å². The highest BCUT2D eigenvalue weighted by Gasteiger charge is 2.49. The Labute approximate surface area is 116 Å². The first-order valence-electron chi connectivity index (χ1n) is 6.68. The van der Waals surface area contributed by atoms with Crippen molar-refractivity contribution in [2.45, 2.75) is 52.7 Å². The lowest BCUT2D eigenvalue weighted by Crippen LogP contribution is -2.41. The van der Waals surface area contributed by atoms with Gasteiger partial charge in [0.15, 0.2) is 0 Å². The van der Waals surface area contributed by atoms with Gasteiger partial charge in [0.1, 0.15) is 0 Å². The number of pyridine rings is 1. The molecule has 0 radical (unpaired) electrons. The highest BCUT2D eigenvalue weighted by molar-refractivity contribution is 6.52. The number of aryl methyl sites for hydroxylation is 2. The van der Waals surface area contributed by atoms with E-state index in [-0.39, 0.29) is 18.3 Å². The van der Waals surface area contributed by atoms with Gasteiger partial charge in [-0.25, -0.2) is 0 Å². The second-order valence-corrected chi connectivity index (χ2v) is 6.18. The Kier molecular flexibility index (Phi) is 3.58. The zero-order valence-electron chi connectivity index (χ0n) is 12.7. The van der Waals surface area contributed by atoms with Gasteiger partial charge in [0.2, 0.25) is 0 Å². The highest BCUT2D eigenvalue weighted by atomic mass is 16.7. The summed E-state index contributed by atoms with van der Waals surface area (Å²) in [4.78, 5) is 4.37. The molecule has 1 saturated heterocycles. The van der Waals surface area contributed by atoms with Gasteiger partial charge in [0.05, 0.1) is 16.9 Å². The zero-order valence-corrected chi connectivity index (χ0v) is 12.7. The molecule has 1 aliphatic heterocycles. The molecule has 3 nitrogen and oxygen atoms in total. The Bertz CT molecular complexity index is 493. The third-order valence-corrected chi connectivity index (χ3v) is 4.09. The van der Waals surface area contributed by atoms with Crippen molar-refractivity contribution >= 4 is 13.2 Å². The van der Waals surface area contributed by atoms with Crippen LogP contribution < -0.4 is 0 Å². The van der Waals surface area contributed by atoms with E-state index in [0.717, 1.165) is 5.69 Å². The molecule has 1 aliphatic rings. The molecule has 0 bridgehead atoms. The molecule has 0 aliphatic carbocycles. The maximum Gasteiger partial charge on any atom is 0.487 e. The topological polar surface area (TPSA) is 31.4 Å². The van der Waals surface area contributed by atoms with Gasteiger partial charge >= 0.3 is 7.12 Å². The molecule has 0 amide bonds. The van der Waals surface area contributed by atoms with E-state index in [1.807, 2.05) is 18.2 Å². The minimum atomic E-state index is -0.312. The Morgan fingerprint density at radius 1 is 1.05 bits per heavy atom. The summed E-state index contributed by atoms with van der Waals surface area (Å²) in [5, 5.41) is 0. The summed E-state index contributed by atoms with van der Waals surface area (Å²) in [6, 6.07) is 2.07. The van der Waals surface area contributed by atoms with E-state index in [2.05, 4.69) is 52.6 Å². The van der Waals surface area contributed by atoms with Gasteiger partial charge < -0.3 is 9.31 Å².